The third-order valence-electron chi connectivity index (χ3n) is 3.15. The van der Waals surface area contributed by atoms with Gasteiger partial charge in [-0.2, -0.15) is 0 Å². The van der Waals surface area contributed by atoms with Gasteiger partial charge in [0.2, 0.25) is 10.0 Å². The Labute approximate surface area is 120 Å². The van der Waals surface area contributed by atoms with Gasteiger partial charge < -0.3 is 5.73 Å². The summed E-state index contributed by atoms with van der Waals surface area (Å²) in [7, 11) is -2.09. The second kappa shape index (κ2) is 6.03. The van der Waals surface area contributed by atoms with E-state index >= 15 is 0 Å². The zero-order chi connectivity index (χ0) is 15.6. The minimum absolute atomic E-state index is 0.125. The summed E-state index contributed by atoms with van der Waals surface area (Å²) in [5.74, 6) is -0.160. The van der Waals surface area contributed by atoms with Gasteiger partial charge in [-0.3, -0.25) is 4.79 Å². The predicted molar refractivity (Wildman–Crippen MR) is 79.1 cm³/mol. The monoisotopic (exact) mass is 298 g/mol. The molecule has 20 heavy (non-hydrogen) atoms. The molecule has 0 saturated carbocycles. The zero-order valence-electron chi connectivity index (χ0n) is 12.4. The number of ketones is 1. The van der Waals surface area contributed by atoms with Crippen LogP contribution in [0, 0.1) is 5.41 Å². The van der Waals surface area contributed by atoms with Crippen LogP contribution in [0.4, 0.5) is 0 Å². The molecule has 0 atom stereocenters. The van der Waals surface area contributed by atoms with Gasteiger partial charge in [0.25, 0.3) is 0 Å². The van der Waals surface area contributed by atoms with E-state index in [4.69, 9.17) is 5.73 Å². The third kappa shape index (κ3) is 3.88. The molecule has 0 bridgehead atoms. The molecule has 0 aliphatic carbocycles. The molecule has 0 aliphatic heterocycles. The SMILES string of the molecule is CC(=O)c1cccc(S(=O)(=O)N(C)CC(C)(C)CN)c1. The normalized spacial score (nSPS) is 12.7. The fourth-order valence-electron chi connectivity index (χ4n) is 1.81. The number of nitrogens with zero attached hydrogens (tertiary/aromatic N) is 1. The highest BCUT2D eigenvalue weighted by Crippen LogP contribution is 2.21. The van der Waals surface area contributed by atoms with Crippen molar-refractivity contribution in [1.29, 1.82) is 0 Å². The van der Waals surface area contributed by atoms with E-state index in [-0.39, 0.29) is 16.1 Å². The van der Waals surface area contributed by atoms with Crippen LogP contribution in [-0.4, -0.2) is 38.6 Å². The molecule has 6 heteroatoms. The maximum Gasteiger partial charge on any atom is 0.242 e. The number of hydrogen-bond donors (Lipinski definition) is 1. The van der Waals surface area contributed by atoms with Crippen LogP contribution in [0.15, 0.2) is 29.2 Å². The van der Waals surface area contributed by atoms with Gasteiger partial charge in [-0.1, -0.05) is 26.0 Å². The Bertz CT molecular complexity index is 594. The summed E-state index contributed by atoms with van der Waals surface area (Å²) in [6.07, 6.45) is 0. The lowest BCUT2D eigenvalue weighted by atomic mass is 9.94. The average molecular weight is 298 g/mol. The molecule has 0 aromatic heterocycles. The Morgan fingerprint density at radius 2 is 1.95 bits per heavy atom. The van der Waals surface area contributed by atoms with Crippen LogP contribution < -0.4 is 5.73 Å². The van der Waals surface area contributed by atoms with E-state index in [0.717, 1.165) is 0 Å². The molecular weight excluding hydrogens is 276 g/mol. The Balaban J connectivity index is 3.10. The summed E-state index contributed by atoms with van der Waals surface area (Å²) in [5.41, 5.74) is 5.72. The molecule has 5 nitrogen and oxygen atoms in total. The Morgan fingerprint density at radius 1 is 1.35 bits per heavy atom. The fraction of sp³-hybridized carbons (Fsp3) is 0.500. The van der Waals surface area contributed by atoms with Gasteiger partial charge in [-0.05, 0) is 31.0 Å². The highest BCUT2D eigenvalue weighted by Gasteiger charge is 2.27. The largest absolute Gasteiger partial charge is 0.330 e. The van der Waals surface area contributed by atoms with Gasteiger partial charge in [0.05, 0.1) is 4.90 Å². The molecule has 112 valence electrons. The van der Waals surface area contributed by atoms with Crippen molar-refractivity contribution < 1.29 is 13.2 Å². The van der Waals surface area contributed by atoms with Gasteiger partial charge >= 0.3 is 0 Å². The topological polar surface area (TPSA) is 80.5 Å². The Kier molecular flexibility index (Phi) is 5.07. The number of Topliss-reactive ketones (excluding diaryl/α,β-unsaturated/α-hetero) is 1. The first-order valence-electron chi connectivity index (χ1n) is 6.37. The number of carbonyl (C=O) groups is 1. The first-order valence-corrected chi connectivity index (χ1v) is 7.81. The molecule has 1 aromatic carbocycles. The zero-order valence-corrected chi connectivity index (χ0v) is 13.2. The van der Waals surface area contributed by atoms with E-state index in [1.165, 1.54) is 30.4 Å². The molecule has 2 N–H and O–H groups in total. The summed E-state index contributed by atoms with van der Waals surface area (Å²) >= 11 is 0. The molecule has 0 fully saturated rings. The van der Waals surface area contributed by atoms with Gasteiger partial charge in [0.1, 0.15) is 0 Å². The van der Waals surface area contributed by atoms with Crippen LogP contribution in [0.25, 0.3) is 0 Å². The van der Waals surface area contributed by atoms with Gasteiger partial charge in [0.15, 0.2) is 5.78 Å². The van der Waals surface area contributed by atoms with Crippen molar-refractivity contribution in [1.82, 2.24) is 4.31 Å². The van der Waals surface area contributed by atoms with Gasteiger partial charge in [-0.15, -0.1) is 0 Å². The summed E-state index contributed by atoms with van der Waals surface area (Å²) in [5, 5.41) is 0. The van der Waals surface area contributed by atoms with Crippen LogP contribution in [0.1, 0.15) is 31.1 Å². The lowest BCUT2D eigenvalue weighted by Gasteiger charge is -2.28. The highest BCUT2D eigenvalue weighted by atomic mass is 32.2. The summed E-state index contributed by atoms with van der Waals surface area (Å²) < 4.78 is 26.2. The van der Waals surface area contributed by atoms with E-state index in [1.54, 1.807) is 12.1 Å². The third-order valence-corrected chi connectivity index (χ3v) is 4.95. The minimum Gasteiger partial charge on any atom is -0.330 e. The molecule has 1 aromatic rings. The van der Waals surface area contributed by atoms with Gasteiger partial charge in [0, 0.05) is 19.2 Å². The minimum atomic E-state index is -3.61. The van der Waals surface area contributed by atoms with Crippen LogP contribution in [-0.2, 0) is 10.0 Å². The van der Waals surface area contributed by atoms with Crippen molar-refractivity contribution >= 4 is 15.8 Å². The predicted octanol–water partition coefficient (Wildman–Crippen LogP) is 1.49. The van der Waals surface area contributed by atoms with Crippen molar-refractivity contribution in [3.8, 4) is 0 Å². The van der Waals surface area contributed by atoms with Gasteiger partial charge in [-0.25, -0.2) is 12.7 Å². The summed E-state index contributed by atoms with van der Waals surface area (Å²) in [6.45, 7) is 5.93. The summed E-state index contributed by atoms with van der Waals surface area (Å²) in [6, 6.07) is 6.08. The molecule has 0 saturated heterocycles. The molecule has 0 heterocycles. The first kappa shape index (κ1) is 16.8. The standard InChI is InChI=1S/C14H22N2O3S/c1-11(17)12-6-5-7-13(8-12)20(18,19)16(4)10-14(2,3)9-15/h5-8H,9-10,15H2,1-4H3. The second-order valence-corrected chi connectivity index (χ2v) is 7.76. The quantitative estimate of drug-likeness (QED) is 0.807. The highest BCUT2D eigenvalue weighted by molar-refractivity contribution is 7.89. The van der Waals surface area contributed by atoms with E-state index in [1.807, 2.05) is 13.8 Å². The summed E-state index contributed by atoms with van der Waals surface area (Å²) in [4.78, 5) is 11.5. The number of carbonyl (C=O) groups excluding carboxylic acids is 1. The number of rotatable bonds is 6. The molecular formula is C14H22N2O3S. The van der Waals surface area contributed by atoms with E-state index < -0.39 is 10.0 Å². The molecule has 0 spiro atoms. The molecule has 0 radical (unpaired) electrons. The van der Waals surface area contributed by atoms with Crippen LogP contribution in [0.3, 0.4) is 0 Å². The van der Waals surface area contributed by atoms with Crippen LogP contribution >= 0.6 is 0 Å². The van der Waals surface area contributed by atoms with Crippen molar-refractivity contribution in [3.63, 3.8) is 0 Å². The molecule has 1 rings (SSSR count). The number of nitrogens with two attached hydrogens (primary N) is 1. The van der Waals surface area contributed by atoms with Crippen molar-refractivity contribution in [2.45, 2.75) is 25.7 Å². The maximum absolute atomic E-state index is 12.5. The maximum atomic E-state index is 12.5. The molecule has 0 unspecified atom stereocenters. The Morgan fingerprint density at radius 3 is 2.45 bits per heavy atom. The van der Waals surface area contributed by atoms with Crippen molar-refractivity contribution in [2.75, 3.05) is 20.1 Å². The fourth-order valence-corrected chi connectivity index (χ4v) is 3.21. The average Bonchev–Trinajstić information content (AvgIpc) is 2.38. The van der Waals surface area contributed by atoms with Crippen molar-refractivity contribution in [2.24, 2.45) is 11.1 Å². The second-order valence-electron chi connectivity index (χ2n) is 5.71. The van der Waals surface area contributed by atoms with Crippen LogP contribution in [0.5, 0.6) is 0 Å². The lowest BCUT2D eigenvalue weighted by Crippen LogP contribution is -2.39. The Hall–Kier alpha value is -1.24. The van der Waals surface area contributed by atoms with E-state index in [2.05, 4.69) is 0 Å². The van der Waals surface area contributed by atoms with E-state index in [9.17, 15) is 13.2 Å². The smallest absolute Gasteiger partial charge is 0.242 e. The molecule has 0 amide bonds. The lowest BCUT2D eigenvalue weighted by molar-refractivity contribution is 0.101. The number of benzene rings is 1. The first-order chi connectivity index (χ1) is 9.10. The number of hydrogen-bond acceptors (Lipinski definition) is 4. The number of sulfonamides is 1. The van der Waals surface area contributed by atoms with Crippen LogP contribution in [0.2, 0.25) is 0 Å². The van der Waals surface area contributed by atoms with E-state index in [0.29, 0.717) is 18.7 Å². The molecule has 0 aliphatic rings. The van der Waals surface area contributed by atoms with Crippen molar-refractivity contribution in [3.05, 3.63) is 29.8 Å².